The molecule has 0 amide bonds. The molecule has 0 unspecified atom stereocenters. The molecule has 0 saturated heterocycles. The van der Waals surface area contributed by atoms with Crippen molar-refractivity contribution >= 4 is 28.7 Å². The molecule has 3 rings (SSSR count). The van der Waals surface area contributed by atoms with Gasteiger partial charge in [0, 0.05) is 42.7 Å². The summed E-state index contributed by atoms with van der Waals surface area (Å²) >= 11 is 0. The predicted molar refractivity (Wildman–Crippen MR) is 91.9 cm³/mol. The van der Waals surface area contributed by atoms with Crippen molar-refractivity contribution in [3.8, 4) is 0 Å². The van der Waals surface area contributed by atoms with E-state index in [1.807, 2.05) is 38.2 Å². The molecule has 1 N–H and O–H groups in total. The van der Waals surface area contributed by atoms with Crippen LogP contribution in [0.2, 0.25) is 0 Å². The van der Waals surface area contributed by atoms with Gasteiger partial charge in [-0.1, -0.05) is 32.0 Å². The first-order valence-corrected chi connectivity index (χ1v) is 8.07. The number of hydrogen-bond donors (Lipinski definition) is 1. The normalized spacial score (nSPS) is 19.0. The number of carbonyl (C=O) groups is 2. The first-order valence-electron chi connectivity index (χ1n) is 8.07. The highest BCUT2D eigenvalue weighted by Crippen LogP contribution is 2.33. The number of fused-ring (bicyclic) bond motifs is 1. The van der Waals surface area contributed by atoms with Crippen LogP contribution in [0, 0.1) is 11.3 Å². The van der Waals surface area contributed by atoms with Crippen LogP contribution in [0.1, 0.15) is 32.3 Å². The van der Waals surface area contributed by atoms with Gasteiger partial charge in [-0.05, 0) is 23.5 Å². The summed E-state index contributed by atoms with van der Waals surface area (Å²) in [6.45, 7) is 4.52. The van der Waals surface area contributed by atoms with E-state index in [2.05, 4.69) is 16.0 Å². The fraction of sp³-hybridized carbons (Fsp3) is 0.421. The molecule has 0 bridgehead atoms. The van der Waals surface area contributed by atoms with Crippen molar-refractivity contribution in [3.05, 3.63) is 36.0 Å². The summed E-state index contributed by atoms with van der Waals surface area (Å²) in [5, 5.41) is 1.20. The number of ketones is 2. The third-order valence-corrected chi connectivity index (χ3v) is 4.44. The minimum Gasteiger partial charge on any atom is -0.361 e. The number of aliphatic imine (C=N–C) groups is 1. The Morgan fingerprint density at radius 1 is 1.22 bits per heavy atom. The second kappa shape index (κ2) is 6.11. The maximum Gasteiger partial charge on any atom is 0.149 e. The summed E-state index contributed by atoms with van der Waals surface area (Å²) < 4.78 is 0. The zero-order valence-corrected chi connectivity index (χ0v) is 13.6. The van der Waals surface area contributed by atoms with Crippen LogP contribution in [0.3, 0.4) is 0 Å². The Kier molecular flexibility index (Phi) is 4.16. The number of H-pyrrole nitrogens is 1. The summed E-state index contributed by atoms with van der Waals surface area (Å²) in [6, 6.07) is 8.15. The molecule has 1 saturated carbocycles. The molecule has 4 heteroatoms. The molecule has 23 heavy (non-hydrogen) atoms. The Hall–Kier alpha value is -2.23. The number of rotatable bonds is 4. The number of nitrogens with zero attached hydrogens (tertiary/aromatic N) is 1. The lowest BCUT2D eigenvalue weighted by Crippen LogP contribution is -2.38. The number of aromatic nitrogens is 1. The lowest BCUT2D eigenvalue weighted by atomic mass is 9.72. The molecule has 1 aliphatic carbocycles. The number of hydrogen-bond acceptors (Lipinski definition) is 3. The summed E-state index contributed by atoms with van der Waals surface area (Å²) in [7, 11) is 0. The lowest BCUT2D eigenvalue weighted by molar-refractivity contribution is -0.136. The zero-order valence-electron chi connectivity index (χ0n) is 13.6. The summed E-state index contributed by atoms with van der Waals surface area (Å²) in [6.07, 6.45) is 5.27. The number of Topliss-reactive ketones (excluding diaryl/α,β-unsaturated/α-hetero) is 2. The minimum absolute atomic E-state index is 0.00194. The van der Waals surface area contributed by atoms with Crippen LogP contribution >= 0.6 is 0 Å². The van der Waals surface area contributed by atoms with Crippen LogP contribution in [0.5, 0.6) is 0 Å². The van der Waals surface area contributed by atoms with Gasteiger partial charge in [0.2, 0.25) is 0 Å². The minimum atomic E-state index is -0.633. The average Bonchev–Trinajstić information content (AvgIpc) is 2.88. The Morgan fingerprint density at radius 3 is 2.65 bits per heavy atom. The Bertz CT molecular complexity index is 751. The van der Waals surface area contributed by atoms with Gasteiger partial charge in [-0.15, -0.1) is 0 Å². The molecule has 1 aliphatic rings. The van der Waals surface area contributed by atoms with Gasteiger partial charge in [-0.3, -0.25) is 14.6 Å². The van der Waals surface area contributed by atoms with Crippen LogP contribution in [0.15, 0.2) is 35.5 Å². The van der Waals surface area contributed by atoms with Gasteiger partial charge < -0.3 is 4.98 Å². The average molecular weight is 310 g/mol. The monoisotopic (exact) mass is 310 g/mol. The van der Waals surface area contributed by atoms with Gasteiger partial charge in [0.05, 0.1) is 0 Å². The van der Waals surface area contributed by atoms with Gasteiger partial charge in [0.15, 0.2) is 0 Å². The summed E-state index contributed by atoms with van der Waals surface area (Å²) in [4.78, 5) is 31.8. The molecule has 1 heterocycles. The van der Waals surface area contributed by atoms with Crippen molar-refractivity contribution in [2.24, 2.45) is 16.3 Å². The predicted octanol–water partition coefficient (Wildman–Crippen LogP) is 3.36. The van der Waals surface area contributed by atoms with Gasteiger partial charge >= 0.3 is 0 Å². The lowest BCUT2D eigenvalue weighted by Gasteiger charge is -2.30. The maximum atomic E-state index is 12.1. The number of benzene rings is 1. The van der Waals surface area contributed by atoms with E-state index in [0.29, 0.717) is 19.4 Å². The molecule has 0 spiro atoms. The SMILES string of the molecule is CC1(C)CC(=O)C(C=NCCc2c[nH]c3ccccc23)C(=O)C1. The standard InChI is InChI=1S/C19H22N2O2/c1-19(2)9-17(22)15(18(23)10-19)12-20-8-7-13-11-21-16-6-4-3-5-14(13)16/h3-6,11-12,15,21H,7-10H2,1-2H3. The topological polar surface area (TPSA) is 62.3 Å². The van der Waals surface area contributed by atoms with E-state index in [0.717, 1.165) is 11.9 Å². The van der Waals surface area contributed by atoms with Crippen LogP contribution in [-0.2, 0) is 16.0 Å². The second-order valence-corrected chi connectivity index (χ2v) is 7.09. The first-order chi connectivity index (χ1) is 11.0. The molecule has 1 aromatic carbocycles. The third-order valence-electron chi connectivity index (χ3n) is 4.44. The number of carbonyl (C=O) groups excluding carboxylic acids is 2. The van der Waals surface area contributed by atoms with E-state index in [9.17, 15) is 9.59 Å². The van der Waals surface area contributed by atoms with E-state index in [-0.39, 0.29) is 17.0 Å². The number of aromatic amines is 1. The molecule has 0 aliphatic heterocycles. The van der Waals surface area contributed by atoms with E-state index in [4.69, 9.17) is 0 Å². The molecule has 120 valence electrons. The van der Waals surface area contributed by atoms with E-state index < -0.39 is 5.92 Å². The van der Waals surface area contributed by atoms with E-state index in [1.165, 1.54) is 10.9 Å². The van der Waals surface area contributed by atoms with E-state index >= 15 is 0 Å². The highest BCUT2D eigenvalue weighted by Gasteiger charge is 2.38. The van der Waals surface area contributed by atoms with Crippen molar-refractivity contribution in [1.82, 2.24) is 4.98 Å². The van der Waals surface area contributed by atoms with Crippen molar-refractivity contribution in [1.29, 1.82) is 0 Å². The molecule has 2 aromatic rings. The van der Waals surface area contributed by atoms with Crippen molar-refractivity contribution in [2.45, 2.75) is 33.1 Å². The van der Waals surface area contributed by atoms with Crippen LogP contribution < -0.4 is 0 Å². The molecule has 0 radical (unpaired) electrons. The molecule has 0 atom stereocenters. The molecule has 4 nitrogen and oxygen atoms in total. The van der Waals surface area contributed by atoms with Crippen LogP contribution in [-0.4, -0.2) is 29.3 Å². The Morgan fingerprint density at radius 2 is 1.91 bits per heavy atom. The second-order valence-electron chi connectivity index (χ2n) is 7.09. The summed E-state index contributed by atoms with van der Waals surface area (Å²) in [5.41, 5.74) is 2.12. The third kappa shape index (κ3) is 3.41. The maximum absolute atomic E-state index is 12.1. The smallest absolute Gasteiger partial charge is 0.149 e. The first kappa shape index (κ1) is 15.7. The van der Waals surface area contributed by atoms with E-state index in [1.54, 1.807) is 6.21 Å². The molecule has 1 fully saturated rings. The van der Waals surface area contributed by atoms with Crippen molar-refractivity contribution in [3.63, 3.8) is 0 Å². The van der Waals surface area contributed by atoms with Gasteiger partial charge in [0.1, 0.15) is 17.5 Å². The van der Waals surface area contributed by atoms with Gasteiger partial charge in [-0.25, -0.2) is 0 Å². The van der Waals surface area contributed by atoms with Gasteiger partial charge in [-0.2, -0.15) is 0 Å². The largest absolute Gasteiger partial charge is 0.361 e. The molecule has 1 aromatic heterocycles. The molecular formula is C19H22N2O2. The van der Waals surface area contributed by atoms with Crippen LogP contribution in [0.25, 0.3) is 10.9 Å². The molecular weight excluding hydrogens is 288 g/mol. The van der Waals surface area contributed by atoms with Crippen molar-refractivity contribution in [2.75, 3.05) is 6.54 Å². The van der Waals surface area contributed by atoms with Gasteiger partial charge in [0.25, 0.3) is 0 Å². The Balaban J connectivity index is 1.61. The number of para-hydroxylation sites is 1. The highest BCUT2D eigenvalue weighted by atomic mass is 16.2. The van der Waals surface area contributed by atoms with Crippen LogP contribution in [0.4, 0.5) is 0 Å². The zero-order chi connectivity index (χ0) is 16.4. The quantitative estimate of drug-likeness (QED) is 0.695. The Labute approximate surface area is 136 Å². The summed E-state index contributed by atoms with van der Waals surface area (Å²) in [5.74, 6) is -0.629. The number of nitrogens with one attached hydrogen (secondary N) is 1. The highest BCUT2D eigenvalue weighted by molar-refractivity contribution is 6.16. The van der Waals surface area contributed by atoms with Crippen molar-refractivity contribution < 1.29 is 9.59 Å². The fourth-order valence-corrected chi connectivity index (χ4v) is 3.27. The fourth-order valence-electron chi connectivity index (χ4n) is 3.27.